The van der Waals surface area contributed by atoms with Crippen molar-refractivity contribution in [2.75, 3.05) is 12.8 Å². The number of nitrogens with zero attached hydrogens (tertiary/aromatic N) is 2. The quantitative estimate of drug-likeness (QED) is 0.238. The molecule has 0 saturated heterocycles. The van der Waals surface area contributed by atoms with E-state index >= 15 is 0 Å². The molecule has 7 nitrogen and oxygen atoms in total. The third-order valence-corrected chi connectivity index (χ3v) is 4.92. The molecule has 4 N–H and O–H groups in total. The minimum atomic E-state index is -1.23. The molecule has 10 heteroatoms. The largest absolute Gasteiger partial charge is 0.465 e. The molecule has 0 aliphatic carbocycles. The van der Waals surface area contributed by atoms with Crippen molar-refractivity contribution < 1.29 is 18.3 Å². The van der Waals surface area contributed by atoms with Crippen LogP contribution in [-0.2, 0) is 11.3 Å². The molecule has 2 aromatic carbocycles. The number of hydrogen-bond donors (Lipinski definition) is 3. The van der Waals surface area contributed by atoms with Gasteiger partial charge in [0.05, 0.1) is 18.2 Å². The summed E-state index contributed by atoms with van der Waals surface area (Å²) < 4.78 is 34.4. The zero-order valence-electron chi connectivity index (χ0n) is 16.6. The second-order valence-corrected chi connectivity index (χ2v) is 6.96. The highest BCUT2D eigenvalue weighted by atomic mass is 32.1. The minimum Gasteiger partial charge on any atom is -0.465 e. The van der Waals surface area contributed by atoms with E-state index < -0.39 is 28.9 Å². The Kier molecular flexibility index (Phi) is 6.82. The van der Waals surface area contributed by atoms with Crippen molar-refractivity contribution in [1.29, 1.82) is 0 Å². The third kappa shape index (κ3) is 4.44. The van der Waals surface area contributed by atoms with Gasteiger partial charge in [0.1, 0.15) is 11.6 Å². The number of halogens is 2. The Balaban J connectivity index is 2.10. The van der Waals surface area contributed by atoms with Crippen LogP contribution in [0.25, 0.3) is 11.1 Å². The van der Waals surface area contributed by atoms with Gasteiger partial charge in [0.25, 0.3) is 0 Å². The van der Waals surface area contributed by atoms with Gasteiger partial charge in [-0.3, -0.25) is 0 Å². The first-order valence-corrected chi connectivity index (χ1v) is 9.49. The zero-order chi connectivity index (χ0) is 23.4. The number of rotatable bonds is 4. The van der Waals surface area contributed by atoms with Gasteiger partial charge < -0.3 is 16.2 Å². The fourth-order valence-electron chi connectivity index (χ4n) is 2.91. The topological polar surface area (TPSA) is 121 Å². The molecule has 0 radical (unpaired) electrons. The molecule has 162 valence electrons. The van der Waals surface area contributed by atoms with Crippen molar-refractivity contribution in [2.45, 2.75) is 11.4 Å². The standard InChI is InChI=1S/C22H16F2N4O3S/c1-31-22(29)12-3-5-14(18(32)7-12)16-8-17(23)15(19(24)20(16)28-30)4-2-11-6-13(9-25)21(26)27-10-11/h3,5-8,10,32H,9,25H2,1H3,(H2,26,27). The van der Waals surface area contributed by atoms with Gasteiger partial charge in [-0.05, 0) is 35.0 Å². The molecule has 3 aromatic rings. The van der Waals surface area contributed by atoms with E-state index in [0.717, 1.165) is 6.07 Å². The van der Waals surface area contributed by atoms with Gasteiger partial charge in [-0.1, -0.05) is 17.9 Å². The highest BCUT2D eigenvalue weighted by Crippen LogP contribution is 2.38. The van der Waals surface area contributed by atoms with Crippen LogP contribution in [0.3, 0.4) is 0 Å². The fraction of sp³-hybridized carbons (Fsp3) is 0.0909. The summed E-state index contributed by atoms with van der Waals surface area (Å²) in [5.74, 6) is 2.33. The maximum Gasteiger partial charge on any atom is 0.337 e. The number of pyridine rings is 1. The summed E-state index contributed by atoms with van der Waals surface area (Å²) in [4.78, 5) is 27.2. The predicted octanol–water partition coefficient (Wildman–Crippen LogP) is 3.94. The number of carbonyl (C=O) groups excluding carboxylic acids is 1. The van der Waals surface area contributed by atoms with Crippen LogP contribution in [0, 0.1) is 28.4 Å². The van der Waals surface area contributed by atoms with Gasteiger partial charge in [0, 0.05) is 34.3 Å². The van der Waals surface area contributed by atoms with E-state index in [1.54, 1.807) is 6.07 Å². The van der Waals surface area contributed by atoms with Gasteiger partial charge in [-0.25, -0.2) is 18.6 Å². The van der Waals surface area contributed by atoms with Crippen molar-refractivity contribution >= 4 is 30.1 Å². The summed E-state index contributed by atoms with van der Waals surface area (Å²) >= 11 is 4.26. The Morgan fingerprint density at radius 1 is 1.22 bits per heavy atom. The van der Waals surface area contributed by atoms with Gasteiger partial charge in [-0.2, -0.15) is 0 Å². The summed E-state index contributed by atoms with van der Waals surface area (Å²) in [6.07, 6.45) is 1.33. The summed E-state index contributed by atoms with van der Waals surface area (Å²) in [5.41, 5.74) is 11.1. The molecule has 0 atom stereocenters. The molecule has 0 unspecified atom stereocenters. The number of nitroso groups, excluding NO2 is 1. The van der Waals surface area contributed by atoms with E-state index in [4.69, 9.17) is 11.5 Å². The van der Waals surface area contributed by atoms with Crippen molar-refractivity contribution in [1.82, 2.24) is 4.98 Å². The lowest BCUT2D eigenvalue weighted by Crippen LogP contribution is -2.03. The highest BCUT2D eigenvalue weighted by molar-refractivity contribution is 7.80. The Morgan fingerprint density at radius 3 is 2.59 bits per heavy atom. The van der Waals surface area contributed by atoms with Gasteiger partial charge in [0.15, 0.2) is 11.5 Å². The van der Waals surface area contributed by atoms with E-state index in [0.29, 0.717) is 11.1 Å². The van der Waals surface area contributed by atoms with Crippen molar-refractivity contribution in [2.24, 2.45) is 10.9 Å². The van der Waals surface area contributed by atoms with Crippen LogP contribution < -0.4 is 11.5 Å². The number of nitrogens with two attached hydrogens (primary N) is 2. The zero-order valence-corrected chi connectivity index (χ0v) is 17.5. The first-order chi connectivity index (χ1) is 15.3. The third-order valence-electron chi connectivity index (χ3n) is 4.55. The number of hydrogen-bond acceptors (Lipinski definition) is 8. The van der Waals surface area contributed by atoms with Crippen molar-refractivity contribution in [3.63, 3.8) is 0 Å². The second-order valence-electron chi connectivity index (χ2n) is 6.48. The average Bonchev–Trinajstić information content (AvgIpc) is 2.79. The Morgan fingerprint density at radius 2 is 1.97 bits per heavy atom. The van der Waals surface area contributed by atoms with Crippen LogP contribution in [0.4, 0.5) is 20.3 Å². The SMILES string of the molecule is COC(=O)c1ccc(-c2cc(F)c(C#Cc3cnc(N)c(CN)c3)c(F)c2N=O)c(S)c1. The van der Waals surface area contributed by atoms with Gasteiger partial charge in [0.2, 0.25) is 0 Å². The second kappa shape index (κ2) is 9.55. The molecular weight excluding hydrogens is 438 g/mol. The molecule has 0 fully saturated rings. The maximum absolute atomic E-state index is 15.0. The fourth-order valence-corrected chi connectivity index (χ4v) is 3.24. The number of benzene rings is 2. The van der Waals surface area contributed by atoms with Crippen LogP contribution in [0.5, 0.6) is 0 Å². The minimum absolute atomic E-state index is 0.117. The van der Waals surface area contributed by atoms with E-state index in [1.165, 1.54) is 31.5 Å². The number of anilines is 1. The number of aromatic nitrogens is 1. The van der Waals surface area contributed by atoms with E-state index in [9.17, 15) is 18.5 Å². The molecular formula is C22H16F2N4O3S. The molecule has 0 bridgehead atoms. The molecule has 0 spiro atoms. The number of carbonyl (C=O) groups is 1. The van der Waals surface area contributed by atoms with Crippen LogP contribution >= 0.6 is 12.6 Å². The Bertz CT molecular complexity index is 1300. The number of methoxy groups -OCH3 is 1. The summed E-state index contributed by atoms with van der Waals surface area (Å²) in [6, 6.07) is 6.60. The number of thiol groups is 1. The number of ether oxygens (including phenoxy) is 1. The Hall–Kier alpha value is -3.81. The van der Waals surface area contributed by atoms with Gasteiger partial charge in [-0.15, -0.1) is 17.5 Å². The van der Waals surface area contributed by atoms with Crippen LogP contribution in [0.15, 0.2) is 46.6 Å². The lowest BCUT2D eigenvalue weighted by atomic mass is 9.99. The monoisotopic (exact) mass is 454 g/mol. The van der Waals surface area contributed by atoms with E-state index in [2.05, 4.69) is 39.4 Å². The molecule has 1 aromatic heterocycles. The molecule has 0 aliphatic heterocycles. The highest BCUT2D eigenvalue weighted by Gasteiger charge is 2.21. The number of nitrogen functional groups attached to an aromatic ring is 1. The molecule has 32 heavy (non-hydrogen) atoms. The lowest BCUT2D eigenvalue weighted by Gasteiger charge is -2.11. The average molecular weight is 454 g/mol. The summed E-state index contributed by atoms with van der Waals surface area (Å²) in [7, 11) is 1.21. The van der Waals surface area contributed by atoms with Crippen LogP contribution in [0.1, 0.15) is 27.0 Å². The predicted molar refractivity (Wildman–Crippen MR) is 118 cm³/mol. The normalized spacial score (nSPS) is 10.3. The van der Waals surface area contributed by atoms with Crippen molar-refractivity contribution in [3.8, 4) is 23.0 Å². The van der Waals surface area contributed by atoms with Crippen LogP contribution in [-0.4, -0.2) is 18.1 Å². The van der Waals surface area contributed by atoms with E-state index in [-0.39, 0.29) is 33.9 Å². The maximum atomic E-state index is 15.0. The molecule has 0 amide bonds. The molecule has 0 saturated carbocycles. The van der Waals surface area contributed by atoms with Crippen molar-refractivity contribution in [3.05, 3.63) is 75.3 Å². The number of esters is 1. The first kappa shape index (κ1) is 22.9. The molecule has 3 rings (SSSR count). The smallest absolute Gasteiger partial charge is 0.337 e. The van der Waals surface area contributed by atoms with Gasteiger partial charge >= 0.3 is 5.97 Å². The lowest BCUT2D eigenvalue weighted by molar-refractivity contribution is 0.0600. The summed E-state index contributed by atoms with van der Waals surface area (Å²) in [5, 5.41) is 2.73. The van der Waals surface area contributed by atoms with Crippen LogP contribution in [0.2, 0.25) is 0 Å². The molecule has 1 heterocycles. The van der Waals surface area contributed by atoms with E-state index in [1.807, 2.05) is 0 Å². The summed E-state index contributed by atoms with van der Waals surface area (Å²) in [6.45, 7) is 0.117. The first-order valence-electron chi connectivity index (χ1n) is 9.04. The Labute approximate surface area is 187 Å². The molecule has 0 aliphatic rings.